The minimum atomic E-state index is 0.0538. The van der Waals surface area contributed by atoms with Gasteiger partial charge >= 0.3 is 0 Å². The standard InChI is InChI=1S/C18H19N3O/c1-11-19-10-13(20-11)9-12-7-8-16-17(18(12)22)14-5-3-4-6-15(14)21(16)2/h3-6,10,12H,7-9H2,1-2H3,(H,19,20)/t12-/m1/s1. The van der Waals surface area contributed by atoms with E-state index in [1.165, 1.54) is 5.69 Å². The maximum Gasteiger partial charge on any atom is 0.168 e. The molecule has 0 saturated heterocycles. The molecule has 1 N–H and O–H groups in total. The average molecular weight is 293 g/mol. The van der Waals surface area contributed by atoms with Crippen LogP contribution in [-0.4, -0.2) is 20.3 Å². The van der Waals surface area contributed by atoms with E-state index in [1.807, 2.05) is 25.3 Å². The number of imidazole rings is 1. The number of aromatic nitrogens is 3. The number of para-hydroxylation sites is 1. The molecule has 1 aromatic carbocycles. The molecule has 3 aromatic rings. The highest BCUT2D eigenvalue weighted by Gasteiger charge is 2.32. The Morgan fingerprint density at radius 1 is 1.36 bits per heavy atom. The van der Waals surface area contributed by atoms with Gasteiger partial charge in [-0.2, -0.15) is 0 Å². The molecule has 2 aromatic heterocycles. The summed E-state index contributed by atoms with van der Waals surface area (Å²) in [4.78, 5) is 20.5. The second kappa shape index (κ2) is 4.83. The SMILES string of the molecule is Cc1ncc(C[C@H]2CCc3c(c4ccccc4n3C)C2=O)[nH]1. The molecule has 0 aliphatic heterocycles. The molecule has 0 amide bonds. The van der Waals surface area contributed by atoms with E-state index in [-0.39, 0.29) is 11.7 Å². The van der Waals surface area contributed by atoms with Crippen molar-refractivity contribution in [1.29, 1.82) is 0 Å². The topological polar surface area (TPSA) is 50.7 Å². The zero-order valence-electron chi connectivity index (χ0n) is 12.9. The van der Waals surface area contributed by atoms with Crippen molar-refractivity contribution in [2.75, 3.05) is 0 Å². The van der Waals surface area contributed by atoms with E-state index in [0.29, 0.717) is 0 Å². The Hall–Kier alpha value is -2.36. The molecule has 1 aliphatic rings. The summed E-state index contributed by atoms with van der Waals surface area (Å²) in [5.74, 6) is 1.24. The van der Waals surface area contributed by atoms with Crippen molar-refractivity contribution in [2.24, 2.45) is 13.0 Å². The molecule has 0 spiro atoms. The first-order chi connectivity index (χ1) is 10.6. The van der Waals surface area contributed by atoms with Crippen molar-refractivity contribution in [1.82, 2.24) is 14.5 Å². The van der Waals surface area contributed by atoms with Crippen LogP contribution in [0.25, 0.3) is 10.9 Å². The number of hydrogen-bond donors (Lipinski definition) is 1. The molecule has 0 radical (unpaired) electrons. The summed E-state index contributed by atoms with van der Waals surface area (Å²) in [5.41, 5.74) is 4.33. The number of aromatic amines is 1. The van der Waals surface area contributed by atoms with Crippen molar-refractivity contribution >= 4 is 16.7 Å². The number of rotatable bonds is 2. The van der Waals surface area contributed by atoms with E-state index in [9.17, 15) is 4.79 Å². The number of aryl methyl sites for hydroxylation is 2. The van der Waals surface area contributed by atoms with E-state index >= 15 is 0 Å². The summed E-state index contributed by atoms with van der Waals surface area (Å²) in [5, 5.41) is 1.09. The van der Waals surface area contributed by atoms with Crippen molar-refractivity contribution in [2.45, 2.75) is 26.2 Å². The van der Waals surface area contributed by atoms with Gasteiger partial charge in [0.25, 0.3) is 0 Å². The Balaban J connectivity index is 1.75. The number of nitrogens with one attached hydrogen (secondary N) is 1. The van der Waals surface area contributed by atoms with Crippen molar-refractivity contribution < 1.29 is 4.79 Å². The van der Waals surface area contributed by atoms with Crippen LogP contribution < -0.4 is 0 Å². The summed E-state index contributed by atoms with van der Waals surface area (Å²) in [6.45, 7) is 1.94. The lowest BCUT2D eigenvalue weighted by Gasteiger charge is -2.21. The third-order valence-corrected chi connectivity index (χ3v) is 4.80. The molecule has 1 atom stereocenters. The molecule has 4 heteroatoms. The molecule has 2 heterocycles. The third kappa shape index (κ3) is 1.90. The number of fused-ring (bicyclic) bond motifs is 3. The molecule has 0 bridgehead atoms. The predicted molar refractivity (Wildman–Crippen MR) is 86.1 cm³/mol. The normalized spacial score (nSPS) is 17.9. The second-order valence-corrected chi connectivity index (χ2v) is 6.20. The van der Waals surface area contributed by atoms with E-state index in [1.54, 1.807) is 0 Å². The van der Waals surface area contributed by atoms with Gasteiger partial charge < -0.3 is 9.55 Å². The van der Waals surface area contributed by atoms with E-state index in [0.717, 1.165) is 47.2 Å². The van der Waals surface area contributed by atoms with Gasteiger partial charge in [-0.1, -0.05) is 18.2 Å². The molecule has 1 aliphatic carbocycles. The number of Topliss-reactive ketones (excluding diaryl/α,β-unsaturated/α-hetero) is 1. The highest BCUT2D eigenvalue weighted by molar-refractivity contribution is 6.11. The van der Waals surface area contributed by atoms with Crippen molar-refractivity contribution in [3.05, 3.63) is 53.2 Å². The van der Waals surface area contributed by atoms with Crippen LogP contribution in [0.5, 0.6) is 0 Å². The molecular formula is C18H19N3O. The maximum atomic E-state index is 13.0. The summed E-state index contributed by atoms with van der Waals surface area (Å²) in [7, 11) is 2.06. The van der Waals surface area contributed by atoms with E-state index in [2.05, 4.69) is 33.7 Å². The Bertz CT molecular complexity index is 872. The summed E-state index contributed by atoms with van der Waals surface area (Å²) in [6.07, 6.45) is 4.47. The quantitative estimate of drug-likeness (QED) is 0.789. The monoisotopic (exact) mass is 293 g/mol. The first-order valence-electron chi connectivity index (χ1n) is 7.76. The van der Waals surface area contributed by atoms with Gasteiger partial charge in [0.1, 0.15) is 5.82 Å². The first kappa shape index (κ1) is 13.3. The zero-order valence-corrected chi connectivity index (χ0v) is 12.9. The maximum absolute atomic E-state index is 13.0. The van der Waals surface area contributed by atoms with Crippen LogP contribution in [0.4, 0.5) is 0 Å². The lowest BCUT2D eigenvalue weighted by Crippen LogP contribution is -2.25. The molecule has 0 fully saturated rings. The predicted octanol–water partition coefficient (Wildman–Crippen LogP) is 3.20. The minimum Gasteiger partial charge on any atom is -0.347 e. The highest BCUT2D eigenvalue weighted by atomic mass is 16.1. The average Bonchev–Trinajstić information content (AvgIpc) is 3.05. The minimum absolute atomic E-state index is 0.0538. The number of ketones is 1. The molecule has 0 saturated carbocycles. The fourth-order valence-electron chi connectivity index (χ4n) is 3.70. The Kier molecular flexibility index (Phi) is 2.93. The Morgan fingerprint density at radius 3 is 2.95 bits per heavy atom. The van der Waals surface area contributed by atoms with Crippen molar-refractivity contribution in [3.8, 4) is 0 Å². The highest BCUT2D eigenvalue weighted by Crippen LogP contribution is 2.34. The van der Waals surface area contributed by atoms with Gasteiger partial charge in [-0.05, 0) is 32.3 Å². The summed E-state index contributed by atoms with van der Waals surface area (Å²) in [6, 6.07) is 8.20. The van der Waals surface area contributed by atoms with Gasteiger partial charge in [-0.15, -0.1) is 0 Å². The molecule has 4 rings (SSSR count). The number of carbonyl (C=O) groups is 1. The fourth-order valence-corrected chi connectivity index (χ4v) is 3.70. The number of H-pyrrole nitrogens is 1. The van der Waals surface area contributed by atoms with Crippen LogP contribution in [-0.2, 0) is 19.9 Å². The van der Waals surface area contributed by atoms with Crippen LogP contribution in [0.15, 0.2) is 30.5 Å². The van der Waals surface area contributed by atoms with E-state index in [4.69, 9.17) is 0 Å². The molecular weight excluding hydrogens is 274 g/mol. The van der Waals surface area contributed by atoms with Gasteiger partial charge in [0, 0.05) is 47.0 Å². The van der Waals surface area contributed by atoms with Crippen LogP contribution in [0.3, 0.4) is 0 Å². The van der Waals surface area contributed by atoms with Gasteiger partial charge in [0.15, 0.2) is 5.78 Å². The van der Waals surface area contributed by atoms with Crippen LogP contribution in [0.2, 0.25) is 0 Å². The van der Waals surface area contributed by atoms with E-state index < -0.39 is 0 Å². The van der Waals surface area contributed by atoms with Gasteiger partial charge in [-0.3, -0.25) is 4.79 Å². The summed E-state index contributed by atoms with van der Waals surface area (Å²) >= 11 is 0. The smallest absolute Gasteiger partial charge is 0.168 e. The number of carbonyl (C=O) groups excluding carboxylic acids is 1. The Labute approximate surface area is 129 Å². The number of benzene rings is 1. The second-order valence-electron chi connectivity index (χ2n) is 6.20. The lowest BCUT2D eigenvalue weighted by atomic mass is 9.82. The zero-order chi connectivity index (χ0) is 15.3. The van der Waals surface area contributed by atoms with Gasteiger partial charge in [0.2, 0.25) is 0 Å². The number of nitrogens with zero attached hydrogens (tertiary/aromatic N) is 2. The summed E-state index contributed by atoms with van der Waals surface area (Å²) < 4.78 is 2.18. The van der Waals surface area contributed by atoms with Crippen LogP contribution in [0.1, 0.15) is 34.0 Å². The molecule has 4 nitrogen and oxygen atoms in total. The third-order valence-electron chi connectivity index (χ3n) is 4.80. The molecule has 112 valence electrons. The fraction of sp³-hybridized carbons (Fsp3) is 0.333. The largest absolute Gasteiger partial charge is 0.347 e. The Morgan fingerprint density at radius 2 is 2.18 bits per heavy atom. The van der Waals surface area contributed by atoms with Crippen LogP contribution in [0, 0.1) is 12.8 Å². The van der Waals surface area contributed by atoms with Crippen LogP contribution >= 0.6 is 0 Å². The van der Waals surface area contributed by atoms with Crippen molar-refractivity contribution in [3.63, 3.8) is 0 Å². The first-order valence-corrected chi connectivity index (χ1v) is 7.76. The van der Waals surface area contributed by atoms with Gasteiger partial charge in [0.05, 0.1) is 0 Å². The molecule has 22 heavy (non-hydrogen) atoms. The number of hydrogen-bond acceptors (Lipinski definition) is 2. The lowest BCUT2D eigenvalue weighted by molar-refractivity contribution is 0.0901. The van der Waals surface area contributed by atoms with Gasteiger partial charge in [-0.25, -0.2) is 4.98 Å². The molecule has 0 unspecified atom stereocenters.